The number of amides is 1. The maximum atomic E-state index is 13.1. The molecule has 1 fully saturated rings. The molecule has 0 spiro atoms. The molecular weight excluding hydrogens is 1090 g/mol. The van der Waals surface area contributed by atoms with Gasteiger partial charge in [-0.2, -0.15) is 0 Å². The Hall–Kier alpha value is -3.67. The van der Waals surface area contributed by atoms with E-state index in [0.29, 0.717) is 6.42 Å². The summed E-state index contributed by atoms with van der Waals surface area (Å²) in [5, 5.41) is 54.8. The Morgan fingerprint density at radius 1 is 0.398 bits per heavy atom. The molecule has 6 N–H and O–H groups in total. The Balaban J connectivity index is 2.14. The Bertz CT molecular complexity index is 1860. The van der Waals surface area contributed by atoms with E-state index in [1.807, 2.05) is 6.08 Å². The molecule has 1 aliphatic rings. The predicted octanol–water partition coefficient (Wildman–Crippen LogP) is 20.4. The summed E-state index contributed by atoms with van der Waals surface area (Å²) in [5.74, 6) is -0.183. The third-order valence-electron chi connectivity index (χ3n) is 16.5. The molecule has 7 atom stereocenters. The second-order valence-corrected chi connectivity index (χ2v) is 24.7. The molecule has 0 aromatic rings. The van der Waals surface area contributed by atoms with Gasteiger partial charge in [0.2, 0.25) is 5.91 Å². The highest BCUT2D eigenvalue weighted by molar-refractivity contribution is 5.76. The number of aliphatic hydroxyl groups excluding tert-OH is 5. The zero-order valence-corrected chi connectivity index (χ0v) is 56.4. The summed E-state index contributed by atoms with van der Waals surface area (Å²) in [4.78, 5) is 13.1. The van der Waals surface area contributed by atoms with Crippen molar-refractivity contribution in [3.05, 3.63) is 134 Å². The molecule has 1 saturated heterocycles. The molecule has 0 aromatic carbocycles. The molecule has 504 valence electrons. The lowest BCUT2D eigenvalue weighted by Crippen LogP contribution is -2.60. The largest absolute Gasteiger partial charge is 0.394 e. The molecule has 9 nitrogen and oxygen atoms in total. The van der Waals surface area contributed by atoms with Crippen molar-refractivity contribution < 1.29 is 39.8 Å². The molecule has 0 bridgehead atoms. The zero-order valence-electron chi connectivity index (χ0n) is 56.4. The maximum Gasteiger partial charge on any atom is 0.220 e. The van der Waals surface area contributed by atoms with Crippen molar-refractivity contribution in [2.45, 2.75) is 346 Å². The van der Waals surface area contributed by atoms with Gasteiger partial charge in [0.05, 0.1) is 25.4 Å². The van der Waals surface area contributed by atoms with Crippen molar-refractivity contribution in [3.63, 3.8) is 0 Å². The smallest absolute Gasteiger partial charge is 0.220 e. The molecule has 0 aliphatic carbocycles. The van der Waals surface area contributed by atoms with Crippen molar-refractivity contribution in [3.8, 4) is 0 Å². The molecule has 1 rings (SSSR count). The van der Waals surface area contributed by atoms with E-state index in [1.54, 1.807) is 6.08 Å². The number of nitrogens with one attached hydrogen (secondary N) is 1. The standard InChI is InChI=1S/C79H135NO8/c1-3-5-7-9-11-13-15-17-19-21-23-25-27-29-30-31-32-33-34-35-36-37-38-39-40-41-42-43-44-45-47-49-51-53-55-57-59-61-63-65-67-69-75(83)80-72(71-87-79-78(86)77(85)76(84)74(70-81)88-79)73(82)68-66-64-62-60-58-56-54-52-50-48-46-28-26-24-22-20-18-16-14-12-10-8-6-4-2/h5,7,11,13,17,19,23,25,29-30,32-33,35-36,38-39,41-42,44-45,66,68,72-74,76-79,81-82,84-86H,3-4,6,8-10,12,14-16,18,20-22,24,26-28,31,34,37,40,43,46-65,67,69-71H2,1-2H3,(H,80,83)/b7-5-,13-11-,19-17-,25-23-,30-29-,33-32-,36-35-,39-38-,42-41-,45-44-,68-66+. The summed E-state index contributed by atoms with van der Waals surface area (Å²) in [7, 11) is 0. The molecule has 0 saturated carbocycles. The molecule has 1 amide bonds. The van der Waals surface area contributed by atoms with Crippen LogP contribution in [0.1, 0.15) is 303 Å². The van der Waals surface area contributed by atoms with Crippen LogP contribution in [0.4, 0.5) is 0 Å². The average Bonchev–Trinajstić information content (AvgIpc) is 3.31. The molecule has 0 radical (unpaired) electrons. The summed E-state index contributed by atoms with van der Waals surface area (Å²) < 4.78 is 11.3. The number of allylic oxidation sites excluding steroid dienone is 21. The lowest BCUT2D eigenvalue weighted by molar-refractivity contribution is -0.302. The third-order valence-corrected chi connectivity index (χ3v) is 16.5. The highest BCUT2D eigenvalue weighted by Gasteiger charge is 2.44. The van der Waals surface area contributed by atoms with E-state index in [9.17, 15) is 30.3 Å². The van der Waals surface area contributed by atoms with Gasteiger partial charge in [-0.1, -0.05) is 334 Å². The first-order chi connectivity index (χ1) is 43.3. The second kappa shape index (κ2) is 66.3. The summed E-state index contributed by atoms with van der Waals surface area (Å²) in [5.41, 5.74) is 0. The fraction of sp³-hybridized carbons (Fsp3) is 0.709. The van der Waals surface area contributed by atoms with Crippen LogP contribution in [-0.2, 0) is 14.3 Å². The van der Waals surface area contributed by atoms with E-state index >= 15 is 0 Å². The van der Waals surface area contributed by atoms with Gasteiger partial charge in [-0.15, -0.1) is 0 Å². The van der Waals surface area contributed by atoms with Crippen LogP contribution in [-0.4, -0.2) is 87.5 Å². The van der Waals surface area contributed by atoms with Crippen LogP contribution in [0.25, 0.3) is 0 Å². The quantitative estimate of drug-likeness (QED) is 0.0261. The van der Waals surface area contributed by atoms with Crippen LogP contribution in [0.15, 0.2) is 134 Å². The molecule has 1 aliphatic heterocycles. The SMILES string of the molecule is CC/C=C\C/C=C\C/C=C\C/C=C\C/C=C\C/C=C\C/C=C\C/C=C\C/C=C\C/C=C\CCCCCCCCCCCCC(=O)NC(COC1OC(CO)C(O)C(O)C1O)C(O)/C=C/CCCCCCCCCCCCCCCCCCCCCCCC. The summed E-state index contributed by atoms with van der Waals surface area (Å²) in [6, 6.07) is -0.817. The Morgan fingerprint density at radius 3 is 1.05 bits per heavy atom. The number of hydrogen-bond acceptors (Lipinski definition) is 8. The van der Waals surface area contributed by atoms with Gasteiger partial charge in [-0.3, -0.25) is 4.79 Å². The Morgan fingerprint density at radius 2 is 0.705 bits per heavy atom. The van der Waals surface area contributed by atoms with Gasteiger partial charge in [-0.05, 0) is 96.3 Å². The minimum Gasteiger partial charge on any atom is -0.394 e. The molecule has 9 heteroatoms. The third kappa shape index (κ3) is 54.1. The van der Waals surface area contributed by atoms with E-state index < -0.39 is 49.5 Å². The highest BCUT2D eigenvalue weighted by atomic mass is 16.7. The van der Waals surface area contributed by atoms with Crippen molar-refractivity contribution in [2.24, 2.45) is 0 Å². The fourth-order valence-electron chi connectivity index (χ4n) is 10.8. The predicted molar refractivity (Wildman–Crippen MR) is 377 cm³/mol. The van der Waals surface area contributed by atoms with E-state index in [4.69, 9.17) is 9.47 Å². The highest BCUT2D eigenvalue weighted by Crippen LogP contribution is 2.23. The number of aliphatic hydroxyl groups is 5. The van der Waals surface area contributed by atoms with Crippen LogP contribution in [0.2, 0.25) is 0 Å². The first kappa shape index (κ1) is 82.3. The van der Waals surface area contributed by atoms with Crippen LogP contribution in [0, 0.1) is 0 Å². The van der Waals surface area contributed by atoms with Crippen LogP contribution in [0.3, 0.4) is 0 Å². The second-order valence-electron chi connectivity index (χ2n) is 24.7. The number of unbranched alkanes of at least 4 members (excludes halogenated alkanes) is 32. The zero-order chi connectivity index (χ0) is 63.5. The van der Waals surface area contributed by atoms with Gasteiger partial charge in [0, 0.05) is 6.42 Å². The van der Waals surface area contributed by atoms with Gasteiger partial charge >= 0.3 is 0 Å². The number of ether oxygens (including phenoxy) is 2. The van der Waals surface area contributed by atoms with Crippen LogP contribution in [0.5, 0.6) is 0 Å². The van der Waals surface area contributed by atoms with Crippen molar-refractivity contribution in [2.75, 3.05) is 13.2 Å². The topological polar surface area (TPSA) is 149 Å². The first-order valence-corrected chi connectivity index (χ1v) is 36.4. The lowest BCUT2D eigenvalue weighted by Gasteiger charge is -2.40. The number of carbonyl (C=O) groups is 1. The average molecular weight is 1230 g/mol. The monoisotopic (exact) mass is 1230 g/mol. The number of hydrogen-bond donors (Lipinski definition) is 6. The van der Waals surface area contributed by atoms with Gasteiger partial charge in [0.25, 0.3) is 0 Å². The van der Waals surface area contributed by atoms with E-state index in [1.165, 1.54) is 167 Å². The van der Waals surface area contributed by atoms with Crippen molar-refractivity contribution >= 4 is 5.91 Å². The molecule has 88 heavy (non-hydrogen) atoms. The van der Waals surface area contributed by atoms with Gasteiger partial charge in [-0.25, -0.2) is 0 Å². The summed E-state index contributed by atoms with van der Waals surface area (Å²) >= 11 is 0. The van der Waals surface area contributed by atoms with E-state index in [2.05, 4.69) is 141 Å². The molecule has 0 aromatic heterocycles. The van der Waals surface area contributed by atoms with Crippen LogP contribution >= 0.6 is 0 Å². The minimum atomic E-state index is -1.58. The minimum absolute atomic E-state index is 0.183. The van der Waals surface area contributed by atoms with Gasteiger partial charge < -0.3 is 40.3 Å². The Kier molecular flexibility index (Phi) is 62.0. The Labute approximate surface area is 541 Å². The normalized spacial score (nSPS) is 18.7. The lowest BCUT2D eigenvalue weighted by atomic mass is 9.99. The van der Waals surface area contributed by atoms with E-state index in [-0.39, 0.29) is 12.5 Å². The van der Waals surface area contributed by atoms with E-state index in [0.717, 1.165) is 116 Å². The summed E-state index contributed by atoms with van der Waals surface area (Å²) in [6.45, 7) is 3.69. The first-order valence-electron chi connectivity index (χ1n) is 36.4. The number of carbonyl (C=O) groups excluding carboxylic acids is 1. The van der Waals surface area contributed by atoms with Crippen LogP contribution < -0.4 is 5.32 Å². The number of rotatable bonds is 62. The maximum absolute atomic E-state index is 13.1. The van der Waals surface area contributed by atoms with Crippen molar-refractivity contribution in [1.82, 2.24) is 5.32 Å². The molecule has 7 unspecified atom stereocenters. The summed E-state index contributed by atoms with van der Waals surface area (Å²) in [6.07, 6.45) is 94.1. The fourth-order valence-corrected chi connectivity index (χ4v) is 10.8. The van der Waals surface area contributed by atoms with Gasteiger partial charge in [0.1, 0.15) is 24.4 Å². The van der Waals surface area contributed by atoms with Crippen molar-refractivity contribution in [1.29, 1.82) is 0 Å². The van der Waals surface area contributed by atoms with Gasteiger partial charge in [0.15, 0.2) is 6.29 Å². The molecular formula is C79H135NO8. The molecule has 1 heterocycles.